The number of carbonyl (C=O) groups excluding carboxylic acids is 1. The fourth-order valence-corrected chi connectivity index (χ4v) is 5.90. The standard InChI is InChI=1S/C28H21ClN4O2S2/c1-18-24(20-8-4-2-5-9-20)25-26(37-18)31-28(33(27(25)35)22-10-6-3-7-11-22)36-17-23(34)32-30-16-19-12-14-21(29)15-13-19/h2-16H,17H2,1H3,(H,32,34)/b30-16+. The molecule has 0 aliphatic heterocycles. The topological polar surface area (TPSA) is 76.3 Å². The van der Waals surface area contributed by atoms with Crippen LogP contribution in [0.25, 0.3) is 27.0 Å². The summed E-state index contributed by atoms with van der Waals surface area (Å²) in [6.45, 7) is 2.00. The number of hydrazone groups is 1. The molecule has 0 bridgehead atoms. The molecule has 9 heteroatoms. The summed E-state index contributed by atoms with van der Waals surface area (Å²) >= 11 is 8.57. The summed E-state index contributed by atoms with van der Waals surface area (Å²) < 4.78 is 1.58. The van der Waals surface area contributed by atoms with Gasteiger partial charge in [-0.2, -0.15) is 5.10 Å². The summed E-state index contributed by atoms with van der Waals surface area (Å²) in [7, 11) is 0. The molecule has 2 aromatic heterocycles. The second kappa shape index (κ2) is 11.1. The summed E-state index contributed by atoms with van der Waals surface area (Å²) in [6, 6.07) is 26.3. The smallest absolute Gasteiger partial charge is 0.268 e. The highest BCUT2D eigenvalue weighted by atomic mass is 35.5. The van der Waals surface area contributed by atoms with Gasteiger partial charge in [0.1, 0.15) is 4.83 Å². The summed E-state index contributed by atoms with van der Waals surface area (Å²) in [5.41, 5.74) is 5.73. The van der Waals surface area contributed by atoms with E-state index in [0.717, 1.165) is 21.6 Å². The van der Waals surface area contributed by atoms with Crippen LogP contribution in [-0.2, 0) is 4.79 Å². The molecule has 0 saturated carbocycles. The number of amides is 1. The molecule has 0 spiro atoms. The molecule has 1 amide bonds. The number of nitrogens with zero attached hydrogens (tertiary/aromatic N) is 3. The molecule has 1 N–H and O–H groups in total. The lowest BCUT2D eigenvalue weighted by atomic mass is 10.0. The monoisotopic (exact) mass is 544 g/mol. The number of hydrogen-bond acceptors (Lipinski definition) is 6. The maximum absolute atomic E-state index is 13.9. The first kappa shape index (κ1) is 25.0. The van der Waals surface area contributed by atoms with Crippen molar-refractivity contribution in [3.8, 4) is 16.8 Å². The zero-order valence-electron chi connectivity index (χ0n) is 19.7. The molecule has 184 valence electrons. The third-order valence-electron chi connectivity index (χ3n) is 5.55. The minimum Gasteiger partial charge on any atom is -0.272 e. The molecular weight excluding hydrogens is 524 g/mol. The number of para-hydroxylation sites is 1. The molecular formula is C28H21ClN4O2S2. The van der Waals surface area contributed by atoms with Crippen molar-refractivity contribution in [2.75, 3.05) is 5.75 Å². The number of thioether (sulfide) groups is 1. The van der Waals surface area contributed by atoms with Crippen molar-refractivity contribution in [1.82, 2.24) is 15.0 Å². The van der Waals surface area contributed by atoms with Crippen molar-refractivity contribution in [2.45, 2.75) is 12.1 Å². The molecule has 37 heavy (non-hydrogen) atoms. The Kier molecular flexibility index (Phi) is 7.50. The molecule has 0 fully saturated rings. The number of benzene rings is 3. The van der Waals surface area contributed by atoms with Gasteiger partial charge in [0.15, 0.2) is 5.16 Å². The summed E-state index contributed by atoms with van der Waals surface area (Å²) in [5, 5.41) is 5.67. The Hall–Kier alpha value is -3.72. The van der Waals surface area contributed by atoms with Crippen molar-refractivity contribution < 1.29 is 4.79 Å². The van der Waals surface area contributed by atoms with Gasteiger partial charge in [-0.25, -0.2) is 10.4 Å². The number of nitrogens with one attached hydrogen (secondary N) is 1. The summed E-state index contributed by atoms with van der Waals surface area (Å²) in [4.78, 5) is 33.0. The van der Waals surface area contributed by atoms with E-state index in [1.807, 2.05) is 67.6 Å². The van der Waals surface area contributed by atoms with Crippen molar-refractivity contribution in [3.05, 3.63) is 111 Å². The SMILES string of the molecule is Cc1sc2nc(SCC(=O)N/N=C/c3ccc(Cl)cc3)n(-c3ccccc3)c(=O)c2c1-c1ccccc1. The minimum absolute atomic E-state index is 0.0403. The van der Waals surface area contributed by atoms with Gasteiger partial charge in [0.2, 0.25) is 0 Å². The fraction of sp³-hybridized carbons (Fsp3) is 0.0714. The molecule has 5 aromatic rings. The van der Waals surface area contributed by atoms with Gasteiger partial charge in [-0.05, 0) is 42.3 Å². The number of thiophene rings is 1. The number of aromatic nitrogens is 2. The number of aryl methyl sites for hydroxylation is 1. The zero-order valence-corrected chi connectivity index (χ0v) is 22.1. The average molecular weight is 545 g/mol. The quantitative estimate of drug-likeness (QED) is 0.113. The van der Waals surface area contributed by atoms with Crippen LogP contribution >= 0.6 is 34.7 Å². The highest BCUT2D eigenvalue weighted by Crippen LogP contribution is 2.36. The molecule has 0 aliphatic rings. The van der Waals surface area contributed by atoms with Crippen LogP contribution < -0.4 is 11.0 Å². The van der Waals surface area contributed by atoms with Crippen LogP contribution in [0.2, 0.25) is 5.02 Å². The molecule has 3 aromatic carbocycles. The van der Waals surface area contributed by atoms with Crippen LogP contribution in [0.3, 0.4) is 0 Å². The highest BCUT2D eigenvalue weighted by Gasteiger charge is 2.21. The van der Waals surface area contributed by atoms with E-state index < -0.39 is 0 Å². The lowest BCUT2D eigenvalue weighted by Crippen LogP contribution is -2.24. The molecule has 5 rings (SSSR count). The molecule has 0 atom stereocenters. The minimum atomic E-state index is -0.309. The number of fused-ring (bicyclic) bond motifs is 1. The van der Waals surface area contributed by atoms with Crippen molar-refractivity contribution in [3.63, 3.8) is 0 Å². The first-order valence-corrected chi connectivity index (χ1v) is 13.6. The highest BCUT2D eigenvalue weighted by molar-refractivity contribution is 7.99. The van der Waals surface area contributed by atoms with Crippen LogP contribution in [-0.4, -0.2) is 27.4 Å². The van der Waals surface area contributed by atoms with Crippen molar-refractivity contribution in [2.24, 2.45) is 5.10 Å². The van der Waals surface area contributed by atoms with E-state index in [2.05, 4.69) is 10.5 Å². The van der Waals surface area contributed by atoms with Gasteiger partial charge in [0, 0.05) is 15.5 Å². The third kappa shape index (κ3) is 5.51. The Balaban J connectivity index is 1.47. The second-order valence-corrected chi connectivity index (χ2v) is 10.7. The third-order valence-corrected chi connectivity index (χ3v) is 7.74. The number of halogens is 1. The normalized spacial score (nSPS) is 11.3. The van der Waals surface area contributed by atoms with Gasteiger partial charge in [0.05, 0.1) is 23.0 Å². The summed E-state index contributed by atoms with van der Waals surface area (Å²) in [5.74, 6) is -0.268. The van der Waals surface area contributed by atoms with Gasteiger partial charge in [-0.3, -0.25) is 14.2 Å². The first-order valence-electron chi connectivity index (χ1n) is 11.4. The number of hydrogen-bond donors (Lipinski definition) is 1. The molecule has 6 nitrogen and oxygen atoms in total. The Morgan fingerprint density at radius 2 is 1.73 bits per heavy atom. The molecule has 0 aliphatic carbocycles. The zero-order chi connectivity index (χ0) is 25.8. The van der Waals surface area contributed by atoms with Gasteiger partial charge < -0.3 is 0 Å². The van der Waals surface area contributed by atoms with E-state index in [-0.39, 0.29) is 17.2 Å². The lowest BCUT2D eigenvalue weighted by molar-refractivity contribution is -0.118. The number of carbonyl (C=O) groups is 1. The molecule has 0 unspecified atom stereocenters. The molecule has 2 heterocycles. The van der Waals surface area contributed by atoms with Crippen LogP contribution in [0.5, 0.6) is 0 Å². The van der Waals surface area contributed by atoms with E-state index in [1.54, 1.807) is 35.0 Å². The number of rotatable bonds is 7. The van der Waals surface area contributed by atoms with Crippen LogP contribution in [0.1, 0.15) is 10.4 Å². The van der Waals surface area contributed by atoms with Crippen molar-refractivity contribution in [1.29, 1.82) is 0 Å². The predicted molar refractivity (Wildman–Crippen MR) is 153 cm³/mol. The maximum atomic E-state index is 13.9. The Bertz CT molecular complexity index is 1650. The van der Waals surface area contributed by atoms with E-state index >= 15 is 0 Å². The van der Waals surface area contributed by atoms with Crippen LogP contribution in [0, 0.1) is 6.92 Å². The van der Waals surface area contributed by atoms with Gasteiger partial charge in [0.25, 0.3) is 11.5 Å². The Morgan fingerprint density at radius 3 is 2.43 bits per heavy atom. The average Bonchev–Trinajstić information content (AvgIpc) is 3.25. The maximum Gasteiger partial charge on any atom is 0.268 e. The van der Waals surface area contributed by atoms with Gasteiger partial charge >= 0.3 is 0 Å². The molecule has 0 radical (unpaired) electrons. The fourth-order valence-electron chi connectivity index (χ4n) is 3.89. The second-order valence-electron chi connectivity index (χ2n) is 8.08. The summed E-state index contributed by atoms with van der Waals surface area (Å²) in [6.07, 6.45) is 1.54. The first-order chi connectivity index (χ1) is 18.0. The van der Waals surface area contributed by atoms with E-state index in [4.69, 9.17) is 16.6 Å². The Labute approximate surface area is 226 Å². The Morgan fingerprint density at radius 1 is 1.05 bits per heavy atom. The van der Waals surface area contributed by atoms with Crippen molar-refractivity contribution >= 4 is 57.0 Å². The largest absolute Gasteiger partial charge is 0.272 e. The predicted octanol–water partition coefficient (Wildman–Crippen LogP) is 6.32. The van der Waals surface area contributed by atoms with E-state index in [0.29, 0.717) is 26.1 Å². The van der Waals surface area contributed by atoms with Gasteiger partial charge in [-0.1, -0.05) is 84.0 Å². The molecule has 0 saturated heterocycles. The van der Waals surface area contributed by atoms with E-state index in [9.17, 15) is 9.59 Å². The van der Waals surface area contributed by atoms with E-state index in [1.165, 1.54) is 23.1 Å². The van der Waals surface area contributed by atoms with Crippen LogP contribution in [0.4, 0.5) is 0 Å². The van der Waals surface area contributed by atoms with Crippen LogP contribution in [0.15, 0.2) is 100.0 Å². The lowest BCUT2D eigenvalue weighted by Gasteiger charge is -2.12. The van der Waals surface area contributed by atoms with Gasteiger partial charge in [-0.15, -0.1) is 11.3 Å².